The second-order valence-electron chi connectivity index (χ2n) is 6.24. The molecular formula is C20H25N3O5. The van der Waals surface area contributed by atoms with Crippen LogP contribution in [0.15, 0.2) is 30.0 Å². The van der Waals surface area contributed by atoms with Crippen molar-refractivity contribution in [3.05, 3.63) is 30.0 Å². The summed E-state index contributed by atoms with van der Waals surface area (Å²) in [4.78, 5) is 26.2. The number of nitrogens with zero attached hydrogens (tertiary/aromatic N) is 2. The van der Waals surface area contributed by atoms with Gasteiger partial charge in [-0.3, -0.25) is 9.59 Å². The molecule has 1 heterocycles. The molecule has 0 bridgehead atoms. The normalized spacial score (nSPS) is 14.8. The molecule has 150 valence electrons. The molecule has 1 N–H and O–H groups in total. The van der Waals surface area contributed by atoms with Crippen molar-refractivity contribution in [1.29, 1.82) is 5.26 Å². The van der Waals surface area contributed by atoms with E-state index in [-0.39, 0.29) is 17.5 Å². The number of hydrogen-bond acceptors (Lipinski definition) is 7. The van der Waals surface area contributed by atoms with Gasteiger partial charge in [-0.05, 0) is 31.9 Å². The first-order valence-corrected chi connectivity index (χ1v) is 9.08. The van der Waals surface area contributed by atoms with Gasteiger partial charge in [-0.1, -0.05) is 0 Å². The number of nitriles is 1. The number of carbonyl (C=O) groups excluding carboxylic acids is 2. The van der Waals surface area contributed by atoms with Gasteiger partial charge in [0, 0.05) is 25.4 Å². The molecular weight excluding hydrogens is 362 g/mol. The molecule has 0 spiro atoms. The number of anilines is 1. The Morgan fingerprint density at radius 3 is 2.57 bits per heavy atom. The molecule has 1 aromatic carbocycles. The molecule has 2 rings (SSSR count). The molecule has 8 nitrogen and oxygen atoms in total. The summed E-state index contributed by atoms with van der Waals surface area (Å²) in [7, 11) is 3.01. The molecule has 0 atom stereocenters. The fourth-order valence-electron chi connectivity index (χ4n) is 2.95. The summed E-state index contributed by atoms with van der Waals surface area (Å²) < 4.78 is 15.4. The first-order chi connectivity index (χ1) is 13.5. The van der Waals surface area contributed by atoms with Crippen molar-refractivity contribution in [3.63, 3.8) is 0 Å². The summed E-state index contributed by atoms with van der Waals surface area (Å²) in [6.45, 7) is 3.30. The summed E-state index contributed by atoms with van der Waals surface area (Å²) in [6, 6.07) is 6.94. The van der Waals surface area contributed by atoms with E-state index in [9.17, 15) is 14.9 Å². The highest BCUT2D eigenvalue weighted by Crippen LogP contribution is 2.29. The van der Waals surface area contributed by atoms with Crippen LogP contribution < -0.4 is 14.8 Å². The van der Waals surface area contributed by atoms with Crippen LogP contribution in [0, 0.1) is 17.2 Å². The zero-order chi connectivity index (χ0) is 20.5. The third-order valence-electron chi connectivity index (χ3n) is 4.48. The average Bonchev–Trinajstić information content (AvgIpc) is 2.72. The van der Waals surface area contributed by atoms with Gasteiger partial charge in [0.25, 0.3) is 5.91 Å². The van der Waals surface area contributed by atoms with E-state index in [4.69, 9.17) is 14.2 Å². The third-order valence-corrected chi connectivity index (χ3v) is 4.48. The standard InChI is InChI=1S/C20H25N3O5/c1-4-28-20(25)14-7-9-23(10-8-14)13-15(12-21)19(24)22-17-11-16(26-2)5-6-18(17)27-3/h5-6,11,13-14H,4,7-10H2,1-3H3,(H,22,24)/b15-13-. The number of esters is 1. The van der Waals surface area contributed by atoms with Crippen LogP contribution in [0.1, 0.15) is 19.8 Å². The Hall–Kier alpha value is -3.21. The highest BCUT2D eigenvalue weighted by molar-refractivity contribution is 6.07. The Morgan fingerprint density at radius 2 is 2.00 bits per heavy atom. The fourth-order valence-corrected chi connectivity index (χ4v) is 2.95. The van der Waals surface area contributed by atoms with Crippen molar-refractivity contribution in [2.24, 2.45) is 5.92 Å². The van der Waals surface area contributed by atoms with Gasteiger partial charge >= 0.3 is 5.97 Å². The molecule has 1 amide bonds. The van der Waals surface area contributed by atoms with E-state index in [1.807, 2.05) is 11.0 Å². The first kappa shape index (κ1) is 21.1. The van der Waals surface area contributed by atoms with Gasteiger partial charge in [-0.2, -0.15) is 5.26 Å². The lowest BCUT2D eigenvalue weighted by Gasteiger charge is -2.30. The molecule has 0 aliphatic carbocycles. The van der Waals surface area contributed by atoms with E-state index in [1.165, 1.54) is 20.4 Å². The Balaban J connectivity index is 2.04. The lowest BCUT2D eigenvalue weighted by Crippen LogP contribution is -2.34. The lowest BCUT2D eigenvalue weighted by atomic mass is 9.97. The van der Waals surface area contributed by atoms with Crippen LogP contribution in [-0.4, -0.2) is 50.7 Å². The molecule has 1 aromatic rings. The average molecular weight is 387 g/mol. The van der Waals surface area contributed by atoms with E-state index < -0.39 is 5.91 Å². The summed E-state index contributed by atoms with van der Waals surface area (Å²) in [5.41, 5.74) is 0.383. The molecule has 8 heteroatoms. The Morgan fingerprint density at radius 1 is 1.29 bits per heavy atom. The van der Waals surface area contributed by atoms with Gasteiger partial charge in [0.1, 0.15) is 23.1 Å². The monoisotopic (exact) mass is 387 g/mol. The SMILES string of the molecule is CCOC(=O)C1CCN(/C=C(/C#N)C(=O)Nc2cc(OC)ccc2OC)CC1. The van der Waals surface area contributed by atoms with E-state index >= 15 is 0 Å². The predicted molar refractivity (Wildman–Crippen MR) is 103 cm³/mol. The zero-order valence-electron chi connectivity index (χ0n) is 16.4. The van der Waals surface area contributed by atoms with Gasteiger partial charge in [0.2, 0.25) is 0 Å². The minimum Gasteiger partial charge on any atom is -0.497 e. The predicted octanol–water partition coefficient (Wildman–Crippen LogP) is 2.32. The van der Waals surface area contributed by atoms with Crippen molar-refractivity contribution in [2.75, 3.05) is 39.2 Å². The molecule has 0 saturated carbocycles. The molecule has 0 radical (unpaired) electrons. The fraction of sp³-hybridized carbons (Fsp3) is 0.450. The van der Waals surface area contributed by atoms with E-state index in [2.05, 4.69) is 5.32 Å². The van der Waals surface area contributed by atoms with Crippen LogP contribution in [0.25, 0.3) is 0 Å². The van der Waals surface area contributed by atoms with Crippen LogP contribution in [0.4, 0.5) is 5.69 Å². The number of likely N-dealkylation sites (tertiary alicyclic amines) is 1. The molecule has 0 unspecified atom stereocenters. The molecule has 1 saturated heterocycles. The summed E-state index contributed by atoms with van der Waals surface area (Å²) >= 11 is 0. The van der Waals surface area contributed by atoms with Gasteiger partial charge in [0.05, 0.1) is 32.4 Å². The van der Waals surface area contributed by atoms with Gasteiger partial charge in [0.15, 0.2) is 0 Å². The number of amides is 1. The number of piperidine rings is 1. The highest BCUT2D eigenvalue weighted by Gasteiger charge is 2.25. The summed E-state index contributed by atoms with van der Waals surface area (Å²) in [5.74, 6) is 0.155. The van der Waals surface area contributed by atoms with Crippen molar-refractivity contribution >= 4 is 17.6 Å². The van der Waals surface area contributed by atoms with Crippen LogP contribution in [-0.2, 0) is 14.3 Å². The minimum atomic E-state index is -0.540. The quantitative estimate of drug-likeness (QED) is 0.435. The second kappa shape index (κ2) is 10.2. The first-order valence-electron chi connectivity index (χ1n) is 9.08. The molecule has 1 aliphatic rings. The van der Waals surface area contributed by atoms with Crippen LogP contribution in [0.3, 0.4) is 0 Å². The van der Waals surface area contributed by atoms with Crippen LogP contribution in [0.2, 0.25) is 0 Å². The topological polar surface area (TPSA) is 101 Å². The maximum Gasteiger partial charge on any atom is 0.309 e. The number of nitrogens with one attached hydrogen (secondary N) is 1. The van der Waals surface area contributed by atoms with Crippen LogP contribution >= 0.6 is 0 Å². The van der Waals surface area contributed by atoms with E-state index in [1.54, 1.807) is 25.1 Å². The molecule has 1 fully saturated rings. The van der Waals surface area contributed by atoms with Crippen molar-refractivity contribution in [1.82, 2.24) is 4.90 Å². The smallest absolute Gasteiger partial charge is 0.309 e. The van der Waals surface area contributed by atoms with Gasteiger partial charge in [-0.15, -0.1) is 0 Å². The zero-order valence-corrected chi connectivity index (χ0v) is 16.4. The summed E-state index contributed by atoms with van der Waals surface area (Å²) in [5, 5.41) is 12.1. The number of ether oxygens (including phenoxy) is 3. The minimum absolute atomic E-state index is 0.0283. The third kappa shape index (κ3) is 5.39. The van der Waals surface area contributed by atoms with Crippen LogP contribution in [0.5, 0.6) is 11.5 Å². The van der Waals surface area contributed by atoms with Crippen molar-refractivity contribution in [2.45, 2.75) is 19.8 Å². The molecule has 1 aliphatic heterocycles. The maximum atomic E-state index is 12.5. The second-order valence-corrected chi connectivity index (χ2v) is 6.24. The Labute approximate surface area is 164 Å². The maximum absolute atomic E-state index is 12.5. The number of carbonyl (C=O) groups is 2. The van der Waals surface area contributed by atoms with E-state index in [0.29, 0.717) is 49.7 Å². The lowest BCUT2D eigenvalue weighted by molar-refractivity contribution is -0.149. The highest BCUT2D eigenvalue weighted by atomic mass is 16.5. The number of methoxy groups -OCH3 is 2. The van der Waals surface area contributed by atoms with Gasteiger partial charge < -0.3 is 24.4 Å². The molecule has 28 heavy (non-hydrogen) atoms. The van der Waals surface area contributed by atoms with E-state index in [0.717, 1.165) is 0 Å². The van der Waals surface area contributed by atoms with Crippen molar-refractivity contribution < 1.29 is 23.8 Å². The van der Waals surface area contributed by atoms with Gasteiger partial charge in [-0.25, -0.2) is 0 Å². The summed E-state index contributed by atoms with van der Waals surface area (Å²) in [6.07, 6.45) is 2.78. The Bertz CT molecular complexity index is 777. The largest absolute Gasteiger partial charge is 0.497 e. The molecule has 0 aromatic heterocycles. The Kier molecular flexibility index (Phi) is 7.69. The number of benzene rings is 1. The number of rotatable bonds is 7. The number of hydrogen-bond donors (Lipinski definition) is 1. The van der Waals surface area contributed by atoms with Crippen molar-refractivity contribution in [3.8, 4) is 17.6 Å².